The monoisotopic (exact) mass is 290 g/mol. The summed E-state index contributed by atoms with van der Waals surface area (Å²) in [4.78, 5) is 0. The van der Waals surface area contributed by atoms with Gasteiger partial charge in [-0.15, -0.1) is 0 Å². The molecule has 1 aromatic heterocycles. The summed E-state index contributed by atoms with van der Waals surface area (Å²) in [5.41, 5.74) is 0.103. The molecule has 6 nitrogen and oxygen atoms in total. The molecule has 0 fully saturated rings. The summed E-state index contributed by atoms with van der Waals surface area (Å²) >= 11 is 0. The number of nitrogens with two attached hydrogens (primary N) is 1. The maximum absolute atomic E-state index is 11.0. The van der Waals surface area contributed by atoms with Gasteiger partial charge in [0.15, 0.2) is 0 Å². The highest BCUT2D eigenvalue weighted by molar-refractivity contribution is 7.89. The summed E-state index contributed by atoms with van der Waals surface area (Å²) in [7, 11) is -2.08. The van der Waals surface area contributed by atoms with Gasteiger partial charge >= 0.3 is 0 Å². The van der Waals surface area contributed by atoms with Gasteiger partial charge in [0.1, 0.15) is 5.76 Å². The van der Waals surface area contributed by atoms with Gasteiger partial charge in [-0.05, 0) is 24.0 Å². The van der Waals surface area contributed by atoms with Crippen molar-refractivity contribution >= 4 is 10.0 Å². The van der Waals surface area contributed by atoms with Gasteiger partial charge in [0, 0.05) is 20.3 Å². The van der Waals surface area contributed by atoms with E-state index in [1.54, 1.807) is 13.2 Å². The van der Waals surface area contributed by atoms with Crippen LogP contribution in [0.3, 0.4) is 0 Å². The number of furan rings is 1. The lowest BCUT2D eigenvalue weighted by atomic mass is 9.90. The van der Waals surface area contributed by atoms with E-state index in [-0.39, 0.29) is 10.5 Å². The zero-order valence-corrected chi connectivity index (χ0v) is 12.4. The lowest BCUT2D eigenvalue weighted by Gasteiger charge is -2.24. The Morgan fingerprint density at radius 1 is 1.42 bits per heavy atom. The second-order valence-electron chi connectivity index (χ2n) is 5.28. The first-order valence-electron chi connectivity index (χ1n) is 6.06. The van der Waals surface area contributed by atoms with Gasteiger partial charge in [0.2, 0.25) is 5.09 Å². The molecule has 0 spiro atoms. The molecule has 0 saturated heterocycles. The number of methoxy groups -OCH3 is 1. The molecule has 0 radical (unpaired) electrons. The average molecular weight is 290 g/mol. The molecule has 0 unspecified atom stereocenters. The molecule has 0 aliphatic heterocycles. The van der Waals surface area contributed by atoms with E-state index >= 15 is 0 Å². The van der Waals surface area contributed by atoms with Crippen LogP contribution in [-0.2, 0) is 21.3 Å². The van der Waals surface area contributed by atoms with Crippen LogP contribution >= 0.6 is 0 Å². The second kappa shape index (κ2) is 6.51. The van der Waals surface area contributed by atoms with Crippen LogP contribution in [0, 0.1) is 5.41 Å². The van der Waals surface area contributed by atoms with Crippen molar-refractivity contribution in [2.45, 2.75) is 31.9 Å². The predicted molar refractivity (Wildman–Crippen MR) is 72.1 cm³/mol. The average Bonchev–Trinajstić information content (AvgIpc) is 2.74. The van der Waals surface area contributed by atoms with Gasteiger partial charge in [-0.3, -0.25) is 0 Å². The van der Waals surface area contributed by atoms with E-state index in [2.05, 4.69) is 19.2 Å². The lowest BCUT2D eigenvalue weighted by molar-refractivity contribution is 0.150. The van der Waals surface area contributed by atoms with Gasteiger partial charge in [0.05, 0.1) is 6.54 Å². The Hall–Kier alpha value is -0.890. The topological polar surface area (TPSA) is 94.6 Å². The van der Waals surface area contributed by atoms with Crippen molar-refractivity contribution in [1.29, 1.82) is 0 Å². The molecule has 1 heterocycles. The fraction of sp³-hybridized carbons (Fsp3) is 0.667. The Labute approximate surface area is 114 Å². The molecule has 1 aromatic rings. The zero-order chi connectivity index (χ0) is 14.5. The Morgan fingerprint density at radius 2 is 2.11 bits per heavy atom. The van der Waals surface area contributed by atoms with Crippen molar-refractivity contribution in [2.75, 3.05) is 20.3 Å². The van der Waals surface area contributed by atoms with Crippen LogP contribution in [0.4, 0.5) is 0 Å². The van der Waals surface area contributed by atoms with Crippen LogP contribution in [-0.4, -0.2) is 28.7 Å². The van der Waals surface area contributed by atoms with Crippen molar-refractivity contribution < 1.29 is 17.6 Å². The number of nitrogens with one attached hydrogen (secondary N) is 1. The molecule has 110 valence electrons. The number of ether oxygens (including phenoxy) is 1. The minimum Gasteiger partial charge on any atom is -0.447 e. The standard InChI is InChI=1S/C12H22N2O4S/c1-12(2,6-7-17-3)9-14-8-10-4-5-11(18-10)19(13,15)16/h4-5,14H,6-9H2,1-3H3,(H2,13,15,16). The number of hydrogen-bond donors (Lipinski definition) is 2. The van der Waals surface area contributed by atoms with Gasteiger partial charge in [-0.25, -0.2) is 13.6 Å². The first kappa shape index (κ1) is 16.2. The lowest BCUT2D eigenvalue weighted by Crippen LogP contribution is -2.30. The highest BCUT2D eigenvalue weighted by Crippen LogP contribution is 2.19. The van der Waals surface area contributed by atoms with Crippen molar-refractivity contribution in [3.8, 4) is 0 Å². The first-order valence-corrected chi connectivity index (χ1v) is 7.60. The smallest absolute Gasteiger partial charge is 0.271 e. The van der Waals surface area contributed by atoms with E-state index in [1.165, 1.54) is 6.07 Å². The van der Waals surface area contributed by atoms with E-state index < -0.39 is 10.0 Å². The van der Waals surface area contributed by atoms with Crippen LogP contribution < -0.4 is 10.5 Å². The van der Waals surface area contributed by atoms with E-state index in [1.807, 2.05) is 0 Å². The summed E-state index contributed by atoms with van der Waals surface area (Å²) in [5, 5.41) is 7.99. The summed E-state index contributed by atoms with van der Waals surface area (Å²) in [5.74, 6) is 0.548. The maximum Gasteiger partial charge on any atom is 0.271 e. The predicted octanol–water partition coefficient (Wildman–Crippen LogP) is 1.08. The number of hydrogen-bond acceptors (Lipinski definition) is 5. The van der Waals surface area contributed by atoms with E-state index in [0.717, 1.165) is 13.0 Å². The maximum atomic E-state index is 11.0. The van der Waals surface area contributed by atoms with Crippen LogP contribution in [0.25, 0.3) is 0 Å². The highest BCUT2D eigenvalue weighted by Gasteiger charge is 2.18. The Bertz CT molecular complexity index is 494. The van der Waals surface area contributed by atoms with Gasteiger partial charge in [-0.1, -0.05) is 13.8 Å². The second-order valence-corrected chi connectivity index (χ2v) is 6.77. The highest BCUT2D eigenvalue weighted by atomic mass is 32.2. The normalized spacial score (nSPS) is 12.8. The van der Waals surface area contributed by atoms with Crippen LogP contribution in [0.2, 0.25) is 0 Å². The molecular formula is C12H22N2O4S. The van der Waals surface area contributed by atoms with Crippen molar-refractivity contribution in [3.05, 3.63) is 17.9 Å². The molecule has 1 rings (SSSR count). The number of primary sulfonamides is 1. The largest absolute Gasteiger partial charge is 0.447 e. The number of sulfonamides is 1. The molecule has 0 aliphatic rings. The molecule has 3 N–H and O–H groups in total. The van der Waals surface area contributed by atoms with Crippen LogP contribution in [0.5, 0.6) is 0 Å². The summed E-state index contributed by atoms with van der Waals surface area (Å²) in [6, 6.07) is 2.97. The third-order valence-corrected chi connectivity index (χ3v) is 3.58. The van der Waals surface area contributed by atoms with E-state index in [0.29, 0.717) is 18.9 Å². The minimum atomic E-state index is -3.76. The SMILES string of the molecule is COCCC(C)(C)CNCc1ccc(S(N)(=O)=O)o1. The molecule has 0 aliphatic carbocycles. The molecule has 0 bridgehead atoms. The Kier molecular flexibility index (Phi) is 5.54. The van der Waals surface area contributed by atoms with Gasteiger partial charge < -0.3 is 14.5 Å². The quantitative estimate of drug-likeness (QED) is 0.747. The third kappa shape index (κ3) is 5.73. The number of rotatable bonds is 8. The minimum absolute atomic E-state index is 0.103. The zero-order valence-electron chi connectivity index (χ0n) is 11.6. The van der Waals surface area contributed by atoms with Crippen LogP contribution in [0.1, 0.15) is 26.0 Å². The molecular weight excluding hydrogens is 268 g/mol. The molecule has 0 atom stereocenters. The van der Waals surface area contributed by atoms with Crippen molar-refractivity contribution in [2.24, 2.45) is 10.6 Å². The van der Waals surface area contributed by atoms with Gasteiger partial charge in [-0.2, -0.15) is 0 Å². The van der Waals surface area contributed by atoms with Crippen LogP contribution in [0.15, 0.2) is 21.6 Å². The van der Waals surface area contributed by atoms with E-state index in [4.69, 9.17) is 14.3 Å². The summed E-state index contributed by atoms with van der Waals surface area (Å²) in [6.07, 6.45) is 0.942. The Balaban J connectivity index is 2.43. The fourth-order valence-electron chi connectivity index (χ4n) is 1.60. The van der Waals surface area contributed by atoms with Crippen molar-refractivity contribution in [3.63, 3.8) is 0 Å². The third-order valence-electron chi connectivity index (χ3n) is 2.80. The Morgan fingerprint density at radius 3 is 2.63 bits per heavy atom. The molecule has 0 aromatic carbocycles. The first-order chi connectivity index (χ1) is 8.74. The molecule has 7 heteroatoms. The molecule has 19 heavy (non-hydrogen) atoms. The summed E-state index contributed by atoms with van der Waals surface area (Å²) < 4.78 is 32.3. The summed E-state index contributed by atoms with van der Waals surface area (Å²) in [6.45, 7) is 6.23. The fourth-order valence-corrected chi connectivity index (χ4v) is 2.08. The molecule has 0 amide bonds. The van der Waals surface area contributed by atoms with E-state index in [9.17, 15) is 8.42 Å². The van der Waals surface area contributed by atoms with Crippen molar-refractivity contribution in [1.82, 2.24) is 5.32 Å². The molecule has 0 saturated carbocycles. The van der Waals surface area contributed by atoms with Gasteiger partial charge in [0.25, 0.3) is 10.0 Å².